The van der Waals surface area contributed by atoms with E-state index in [1.807, 2.05) is 0 Å². The van der Waals surface area contributed by atoms with E-state index in [-0.39, 0.29) is 17.0 Å². The van der Waals surface area contributed by atoms with Gasteiger partial charge in [-0.25, -0.2) is 8.42 Å². The normalized spacial score (nSPS) is 19.1. The maximum absolute atomic E-state index is 12.6. The van der Waals surface area contributed by atoms with Gasteiger partial charge < -0.3 is 9.67 Å². The Morgan fingerprint density at radius 3 is 2.19 bits per heavy atom. The number of rotatable bonds is 3. The standard InChI is InChI=1S/C14H25N3O3S/c1-14(2,3)16-5-7-17(8-6-16)21(19,20)13-9-12(11-18)15(4)10-13/h9-10,18H,5-8,11H2,1-4H3. The second kappa shape index (κ2) is 5.72. The van der Waals surface area contributed by atoms with Gasteiger partial charge in [0.25, 0.3) is 0 Å². The van der Waals surface area contributed by atoms with Gasteiger partial charge in [-0.1, -0.05) is 0 Å². The monoisotopic (exact) mass is 315 g/mol. The lowest BCUT2D eigenvalue weighted by Crippen LogP contribution is -2.54. The Bertz CT molecular complexity index is 593. The Morgan fingerprint density at radius 1 is 1.19 bits per heavy atom. The van der Waals surface area contributed by atoms with Gasteiger partial charge in [0.2, 0.25) is 10.0 Å². The summed E-state index contributed by atoms with van der Waals surface area (Å²) in [5.74, 6) is 0. The van der Waals surface area contributed by atoms with Crippen LogP contribution >= 0.6 is 0 Å². The number of aliphatic hydroxyl groups excluding tert-OH is 1. The van der Waals surface area contributed by atoms with E-state index in [4.69, 9.17) is 0 Å². The van der Waals surface area contributed by atoms with Crippen LogP contribution in [-0.2, 0) is 23.7 Å². The van der Waals surface area contributed by atoms with Crippen molar-refractivity contribution in [1.29, 1.82) is 0 Å². The van der Waals surface area contributed by atoms with E-state index in [9.17, 15) is 13.5 Å². The van der Waals surface area contributed by atoms with E-state index >= 15 is 0 Å². The minimum Gasteiger partial charge on any atom is -0.390 e. The van der Waals surface area contributed by atoms with Crippen LogP contribution in [0.2, 0.25) is 0 Å². The van der Waals surface area contributed by atoms with E-state index in [1.54, 1.807) is 23.9 Å². The summed E-state index contributed by atoms with van der Waals surface area (Å²) in [6, 6.07) is 1.55. The van der Waals surface area contributed by atoms with Crippen molar-refractivity contribution in [1.82, 2.24) is 13.8 Å². The average Bonchev–Trinajstić information content (AvgIpc) is 2.80. The molecule has 0 bridgehead atoms. The molecule has 0 radical (unpaired) electrons. The number of nitrogens with zero attached hydrogens (tertiary/aromatic N) is 3. The van der Waals surface area contributed by atoms with E-state index in [0.717, 1.165) is 13.1 Å². The van der Waals surface area contributed by atoms with Crippen LogP contribution in [0.1, 0.15) is 26.5 Å². The number of aliphatic hydroxyl groups is 1. The van der Waals surface area contributed by atoms with Gasteiger partial charge in [-0.15, -0.1) is 0 Å². The largest absolute Gasteiger partial charge is 0.390 e. The van der Waals surface area contributed by atoms with Crippen molar-refractivity contribution in [3.05, 3.63) is 18.0 Å². The molecular weight excluding hydrogens is 290 g/mol. The Hall–Kier alpha value is -0.890. The SMILES string of the molecule is Cn1cc(S(=O)(=O)N2CCN(C(C)(C)C)CC2)cc1CO. The molecule has 0 aromatic carbocycles. The number of aryl methyl sites for hydroxylation is 1. The summed E-state index contributed by atoms with van der Waals surface area (Å²) in [6.07, 6.45) is 1.57. The molecule has 2 rings (SSSR count). The van der Waals surface area contributed by atoms with Crippen molar-refractivity contribution in [2.24, 2.45) is 7.05 Å². The lowest BCUT2D eigenvalue weighted by Gasteiger charge is -2.41. The highest BCUT2D eigenvalue weighted by molar-refractivity contribution is 7.89. The number of sulfonamides is 1. The quantitative estimate of drug-likeness (QED) is 0.888. The van der Waals surface area contributed by atoms with Crippen molar-refractivity contribution >= 4 is 10.0 Å². The zero-order chi connectivity index (χ0) is 15.8. The van der Waals surface area contributed by atoms with E-state index in [0.29, 0.717) is 18.8 Å². The summed E-state index contributed by atoms with van der Waals surface area (Å²) >= 11 is 0. The first kappa shape index (κ1) is 16.5. The molecule has 0 atom stereocenters. The molecule has 1 saturated heterocycles. The third-order valence-corrected chi connectivity index (χ3v) is 5.93. The molecule has 7 heteroatoms. The fourth-order valence-corrected chi connectivity index (χ4v) is 4.14. The molecule has 0 amide bonds. The third kappa shape index (κ3) is 3.31. The molecule has 1 fully saturated rings. The predicted molar refractivity (Wildman–Crippen MR) is 81.4 cm³/mol. The summed E-state index contributed by atoms with van der Waals surface area (Å²) in [5.41, 5.74) is 0.661. The number of hydrogen-bond acceptors (Lipinski definition) is 4. The molecule has 0 unspecified atom stereocenters. The molecule has 1 aliphatic heterocycles. The van der Waals surface area contributed by atoms with Crippen LogP contribution in [0.15, 0.2) is 17.2 Å². The molecule has 1 aromatic heterocycles. The van der Waals surface area contributed by atoms with Gasteiger partial charge >= 0.3 is 0 Å². The third-order valence-electron chi connectivity index (χ3n) is 4.07. The van der Waals surface area contributed by atoms with E-state index in [2.05, 4.69) is 25.7 Å². The molecule has 120 valence electrons. The van der Waals surface area contributed by atoms with Crippen LogP contribution in [0.25, 0.3) is 0 Å². The van der Waals surface area contributed by atoms with Gasteiger partial charge in [-0.2, -0.15) is 4.31 Å². The van der Waals surface area contributed by atoms with Crippen LogP contribution < -0.4 is 0 Å². The maximum Gasteiger partial charge on any atom is 0.244 e. The molecule has 1 aromatic rings. The van der Waals surface area contributed by atoms with E-state index < -0.39 is 10.0 Å². The molecular formula is C14H25N3O3S. The Morgan fingerprint density at radius 2 is 1.76 bits per heavy atom. The van der Waals surface area contributed by atoms with E-state index in [1.165, 1.54) is 4.31 Å². The molecule has 0 saturated carbocycles. The van der Waals surface area contributed by atoms with Crippen molar-refractivity contribution < 1.29 is 13.5 Å². The minimum atomic E-state index is -3.47. The van der Waals surface area contributed by atoms with Crippen molar-refractivity contribution in [3.8, 4) is 0 Å². The highest BCUT2D eigenvalue weighted by Crippen LogP contribution is 2.22. The summed E-state index contributed by atoms with van der Waals surface area (Å²) < 4.78 is 28.5. The Balaban J connectivity index is 2.15. The van der Waals surface area contributed by atoms with Crippen LogP contribution in [-0.4, -0.2) is 59.0 Å². The summed E-state index contributed by atoms with van der Waals surface area (Å²) in [4.78, 5) is 2.56. The van der Waals surface area contributed by atoms with Crippen LogP contribution in [0, 0.1) is 0 Å². The Kier molecular flexibility index (Phi) is 4.49. The maximum atomic E-state index is 12.6. The lowest BCUT2D eigenvalue weighted by molar-refractivity contribution is 0.0922. The Labute approximate surface area is 127 Å². The van der Waals surface area contributed by atoms with Gasteiger partial charge in [0.15, 0.2) is 0 Å². The fraction of sp³-hybridized carbons (Fsp3) is 0.714. The molecule has 21 heavy (non-hydrogen) atoms. The number of hydrogen-bond donors (Lipinski definition) is 1. The first-order valence-electron chi connectivity index (χ1n) is 7.17. The lowest BCUT2D eigenvalue weighted by atomic mass is 10.1. The highest BCUT2D eigenvalue weighted by Gasteiger charge is 2.32. The van der Waals surface area contributed by atoms with Gasteiger partial charge in [-0.05, 0) is 26.8 Å². The van der Waals surface area contributed by atoms with Gasteiger partial charge in [-0.3, -0.25) is 4.90 Å². The smallest absolute Gasteiger partial charge is 0.244 e. The number of piperazine rings is 1. The predicted octanol–water partition coefficient (Wildman–Crippen LogP) is 0.622. The second-order valence-electron chi connectivity index (χ2n) is 6.50. The molecule has 2 heterocycles. The van der Waals surface area contributed by atoms with Crippen LogP contribution in [0.4, 0.5) is 0 Å². The number of aromatic nitrogens is 1. The second-order valence-corrected chi connectivity index (χ2v) is 8.44. The molecule has 1 N–H and O–H groups in total. The molecule has 0 spiro atoms. The minimum absolute atomic E-state index is 0.0622. The first-order valence-corrected chi connectivity index (χ1v) is 8.61. The van der Waals surface area contributed by atoms with Crippen molar-refractivity contribution in [3.63, 3.8) is 0 Å². The highest BCUT2D eigenvalue weighted by atomic mass is 32.2. The van der Waals surface area contributed by atoms with Gasteiger partial charge in [0, 0.05) is 50.7 Å². The molecule has 1 aliphatic rings. The molecule has 6 nitrogen and oxygen atoms in total. The first-order chi connectivity index (χ1) is 9.66. The summed E-state index contributed by atoms with van der Waals surface area (Å²) in [7, 11) is -1.73. The zero-order valence-corrected chi connectivity index (χ0v) is 14.0. The topological polar surface area (TPSA) is 65.8 Å². The summed E-state index contributed by atoms with van der Waals surface area (Å²) in [5, 5.41) is 9.20. The van der Waals surface area contributed by atoms with Crippen LogP contribution in [0.3, 0.4) is 0 Å². The molecule has 0 aliphatic carbocycles. The van der Waals surface area contributed by atoms with Crippen molar-refractivity contribution in [2.75, 3.05) is 26.2 Å². The van der Waals surface area contributed by atoms with Gasteiger partial charge in [0.05, 0.1) is 6.61 Å². The fourth-order valence-electron chi connectivity index (χ4n) is 2.62. The van der Waals surface area contributed by atoms with Crippen LogP contribution in [0.5, 0.6) is 0 Å². The van der Waals surface area contributed by atoms with Gasteiger partial charge in [0.1, 0.15) is 4.90 Å². The zero-order valence-electron chi connectivity index (χ0n) is 13.2. The summed E-state index contributed by atoms with van der Waals surface area (Å²) in [6.45, 7) is 8.74. The van der Waals surface area contributed by atoms with Crippen molar-refractivity contribution in [2.45, 2.75) is 37.8 Å². The average molecular weight is 315 g/mol.